The number of nitrogens with two attached hydrogens (primary N) is 1. The summed E-state index contributed by atoms with van der Waals surface area (Å²) >= 11 is 4.81. The predicted octanol–water partition coefficient (Wildman–Crippen LogP) is 0.601. The zero-order chi connectivity index (χ0) is 11.4. The van der Waals surface area contributed by atoms with Gasteiger partial charge in [0, 0.05) is 20.0 Å². The lowest BCUT2D eigenvalue weighted by Crippen LogP contribution is -2.25. The van der Waals surface area contributed by atoms with E-state index >= 15 is 0 Å². The van der Waals surface area contributed by atoms with Gasteiger partial charge in [-0.05, 0) is 13.8 Å². The molecule has 0 fully saturated rings. The van der Waals surface area contributed by atoms with Gasteiger partial charge in [-0.25, -0.2) is 4.98 Å². The molecule has 0 atom stereocenters. The van der Waals surface area contributed by atoms with E-state index in [0.717, 1.165) is 11.4 Å². The summed E-state index contributed by atoms with van der Waals surface area (Å²) in [5.74, 6) is 0.606. The molecule has 0 aliphatic rings. The first-order valence-corrected chi connectivity index (χ1v) is 5.09. The minimum atomic E-state index is 0.499. The standard InChI is InChI=1S/C9H15N5S/c1-6-7(2)12-13-9(11-6)14(3)5-4-8(10)15/h4-5H2,1-3H3,(H2,10,15). The van der Waals surface area contributed by atoms with E-state index < -0.39 is 0 Å². The van der Waals surface area contributed by atoms with Crippen molar-refractivity contribution in [2.45, 2.75) is 20.3 Å². The maximum Gasteiger partial charge on any atom is 0.245 e. The highest BCUT2D eigenvalue weighted by atomic mass is 32.1. The van der Waals surface area contributed by atoms with Crippen molar-refractivity contribution < 1.29 is 0 Å². The molecule has 0 amide bonds. The van der Waals surface area contributed by atoms with E-state index in [4.69, 9.17) is 18.0 Å². The highest BCUT2D eigenvalue weighted by Gasteiger charge is 2.06. The Morgan fingerprint density at radius 2 is 2.00 bits per heavy atom. The number of aromatic nitrogens is 3. The molecule has 2 N–H and O–H groups in total. The van der Waals surface area contributed by atoms with E-state index in [9.17, 15) is 0 Å². The van der Waals surface area contributed by atoms with Gasteiger partial charge in [-0.1, -0.05) is 12.2 Å². The minimum Gasteiger partial charge on any atom is -0.393 e. The van der Waals surface area contributed by atoms with Gasteiger partial charge in [-0.2, -0.15) is 5.10 Å². The molecule has 1 rings (SSSR count). The molecule has 0 aromatic carbocycles. The van der Waals surface area contributed by atoms with Crippen LogP contribution in [0.3, 0.4) is 0 Å². The van der Waals surface area contributed by atoms with Gasteiger partial charge >= 0.3 is 0 Å². The van der Waals surface area contributed by atoms with Gasteiger partial charge in [-0.15, -0.1) is 5.10 Å². The van der Waals surface area contributed by atoms with Crippen LogP contribution in [0.2, 0.25) is 0 Å². The van der Waals surface area contributed by atoms with Crippen molar-refractivity contribution in [3.8, 4) is 0 Å². The van der Waals surface area contributed by atoms with Gasteiger partial charge < -0.3 is 10.6 Å². The predicted molar refractivity (Wildman–Crippen MR) is 64.0 cm³/mol. The van der Waals surface area contributed by atoms with Crippen molar-refractivity contribution in [1.82, 2.24) is 15.2 Å². The molecule has 0 radical (unpaired) electrons. The number of nitrogens with zero attached hydrogens (tertiary/aromatic N) is 4. The Balaban J connectivity index is 2.69. The SMILES string of the molecule is Cc1nnc(N(C)CCC(N)=S)nc1C. The molecule has 0 saturated carbocycles. The topological polar surface area (TPSA) is 67.9 Å². The summed E-state index contributed by atoms with van der Waals surface area (Å²) < 4.78 is 0. The second-order valence-corrected chi connectivity index (χ2v) is 3.94. The maximum atomic E-state index is 5.42. The summed E-state index contributed by atoms with van der Waals surface area (Å²) in [6.07, 6.45) is 0.655. The largest absolute Gasteiger partial charge is 0.393 e. The smallest absolute Gasteiger partial charge is 0.245 e. The van der Waals surface area contributed by atoms with E-state index in [-0.39, 0.29) is 0 Å². The molecule has 5 nitrogen and oxygen atoms in total. The number of aryl methyl sites for hydroxylation is 2. The van der Waals surface area contributed by atoms with Crippen LogP contribution >= 0.6 is 12.2 Å². The Morgan fingerprint density at radius 1 is 1.33 bits per heavy atom. The van der Waals surface area contributed by atoms with Crippen LogP contribution < -0.4 is 10.6 Å². The molecule has 82 valence electrons. The van der Waals surface area contributed by atoms with Crippen LogP contribution in [0, 0.1) is 13.8 Å². The normalized spacial score (nSPS) is 10.1. The van der Waals surface area contributed by atoms with Crippen molar-refractivity contribution in [2.24, 2.45) is 5.73 Å². The molecule has 0 aliphatic heterocycles. The fourth-order valence-electron chi connectivity index (χ4n) is 0.985. The lowest BCUT2D eigenvalue weighted by atomic mass is 10.4. The third-order valence-electron chi connectivity index (χ3n) is 2.12. The van der Waals surface area contributed by atoms with E-state index in [1.54, 1.807) is 0 Å². The average molecular weight is 225 g/mol. The number of thiocarbonyl (C=S) groups is 1. The van der Waals surface area contributed by atoms with Gasteiger partial charge in [0.25, 0.3) is 0 Å². The van der Waals surface area contributed by atoms with Crippen LogP contribution in [0.1, 0.15) is 17.8 Å². The van der Waals surface area contributed by atoms with Crippen molar-refractivity contribution in [3.63, 3.8) is 0 Å². The Morgan fingerprint density at radius 3 is 2.53 bits per heavy atom. The minimum absolute atomic E-state index is 0.499. The molecule has 0 saturated heterocycles. The highest BCUT2D eigenvalue weighted by molar-refractivity contribution is 7.80. The van der Waals surface area contributed by atoms with Gasteiger partial charge in [0.05, 0.1) is 16.4 Å². The summed E-state index contributed by atoms with van der Waals surface area (Å²) in [5, 5.41) is 8.01. The van der Waals surface area contributed by atoms with Crippen LogP contribution in [-0.2, 0) is 0 Å². The monoisotopic (exact) mass is 225 g/mol. The summed E-state index contributed by atoms with van der Waals surface area (Å²) in [7, 11) is 1.89. The average Bonchev–Trinajstić information content (AvgIpc) is 2.18. The quantitative estimate of drug-likeness (QED) is 0.757. The Bertz CT molecular complexity index is 366. The molecule has 0 bridgehead atoms. The van der Waals surface area contributed by atoms with E-state index in [0.29, 0.717) is 23.9 Å². The van der Waals surface area contributed by atoms with E-state index in [2.05, 4.69) is 15.2 Å². The molecule has 6 heteroatoms. The third kappa shape index (κ3) is 3.39. The van der Waals surface area contributed by atoms with Crippen LogP contribution in [0.15, 0.2) is 0 Å². The first-order chi connectivity index (χ1) is 7.00. The molecular formula is C9H15N5S. The lowest BCUT2D eigenvalue weighted by Gasteiger charge is -2.16. The first-order valence-electron chi connectivity index (χ1n) is 4.68. The van der Waals surface area contributed by atoms with Crippen molar-refractivity contribution in [2.75, 3.05) is 18.5 Å². The fraction of sp³-hybridized carbons (Fsp3) is 0.556. The van der Waals surface area contributed by atoms with E-state index in [1.165, 1.54) is 0 Å². The van der Waals surface area contributed by atoms with Crippen LogP contribution in [0.4, 0.5) is 5.95 Å². The number of hydrogen-bond donors (Lipinski definition) is 1. The van der Waals surface area contributed by atoms with Crippen molar-refractivity contribution in [3.05, 3.63) is 11.4 Å². The zero-order valence-corrected chi connectivity index (χ0v) is 10.0. The van der Waals surface area contributed by atoms with Gasteiger partial charge in [-0.3, -0.25) is 0 Å². The summed E-state index contributed by atoms with van der Waals surface area (Å²) in [4.78, 5) is 6.71. The second kappa shape index (κ2) is 4.97. The molecule has 15 heavy (non-hydrogen) atoms. The molecule has 1 aromatic heterocycles. The lowest BCUT2D eigenvalue weighted by molar-refractivity contribution is 0.808. The van der Waals surface area contributed by atoms with Crippen molar-refractivity contribution in [1.29, 1.82) is 0 Å². The molecule has 1 heterocycles. The summed E-state index contributed by atoms with van der Waals surface area (Å²) in [6, 6.07) is 0. The number of rotatable bonds is 4. The third-order valence-corrected chi connectivity index (χ3v) is 2.32. The van der Waals surface area contributed by atoms with Gasteiger partial charge in [0.15, 0.2) is 0 Å². The zero-order valence-electron chi connectivity index (χ0n) is 9.19. The Kier molecular flexibility index (Phi) is 3.90. The Labute approximate surface area is 94.7 Å². The molecule has 1 aromatic rings. The number of hydrogen-bond acceptors (Lipinski definition) is 5. The molecule has 0 unspecified atom stereocenters. The van der Waals surface area contributed by atoms with E-state index in [1.807, 2.05) is 25.8 Å². The highest BCUT2D eigenvalue weighted by Crippen LogP contribution is 2.06. The van der Waals surface area contributed by atoms with Gasteiger partial charge in [0.2, 0.25) is 5.95 Å². The van der Waals surface area contributed by atoms with Gasteiger partial charge in [0.1, 0.15) is 0 Å². The fourth-order valence-corrected chi connectivity index (χ4v) is 1.08. The van der Waals surface area contributed by atoms with Crippen LogP contribution in [0.25, 0.3) is 0 Å². The summed E-state index contributed by atoms with van der Waals surface area (Å²) in [6.45, 7) is 4.50. The molecule has 0 spiro atoms. The molecule has 0 aliphatic carbocycles. The molecular weight excluding hydrogens is 210 g/mol. The number of anilines is 1. The first kappa shape index (κ1) is 11.8. The van der Waals surface area contributed by atoms with Crippen molar-refractivity contribution >= 4 is 23.2 Å². The van der Waals surface area contributed by atoms with Crippen LogP contribution in [0.5, 0.6) is 0 Å². The Hall–Kier alpha value is -1.30. The van der Waals surface area contributed by atoms with Crippen LogP contribution in [-0.4, -0.2) is 33.8 Å². The maximum absolute atomic E-state index is 5.42. The second-order valence-electron chi connectivity index (χ2n) is 3.42. The summed E-state index contributed by atoms with van der Waals surface area (Å²) in [5.41, 5.74) is 7.16.